The van der Waals surface area contributed by atoms with Crippen molar-refractivity contribution in [3.05, 3.63) is 54.4 Å². The fourth-order valence-electron chi connectivity index (χ4n) is 1.95. The zero-order valence-electron chi connectivity index (χ0n) is 12.2. The Labute approximate surface area is 126 Å². The van der Waals surface area contributed by atoms with Gasteiger partial charge in [0.15, 0.2) is 18.2 Å². The monoisotopic (exact) mass is 296 g/mol. The second-order valence-electron chi connectivity index (χ2n) is 4.79. The molecule has 1 aromatic carbocycles. The van der Waals surface area contributed by atoms with E-state index in [0.717, 1.165) is 5.56 Å². The molecule has 0 bridgehead atoms. The Bertz CT molecular complexity index is 794. The first kappa shape index (κ1) is 13.9. The molecule has 22 heavy (non-hydrogen) atoms. The maximum Gasteiger partial charge on any atom is 0.343 e. The zero-order valence-corrected chi connectivity index (χ0v) is 12.2. The van der Waals surface area contributed by atoms with Crippen LogP contribution in [0.4, 0.5) is 0 Å². The minimum Gasteiger partial charge on any atom is -0.422 e. The van der Waals surface area contributed by atoms with E-state index in [4.69, 9.17) is 4.74 Å². The molecule has 0 saturated carbocycles. The van der Waals surface area contributed by atoms with Crippen LogP contribution in [0.5, 0.6) is 5.75 Å². The second kappa shape index (κ2) is 5.72. The van der Waals surface area contributed by atoms with Gasteiger partial charge in [0.1, 0.15) is 12.8 Å². The topological polar surface area (TPSA) is 73.8 Å². The number of aromatic nitrogens is 5. The van der Waals surface area contributed by atoms with Crippen LogP contribution in [0.2, 0.25) is 0 Å². The summed E-state index contributed by atoms with van der Waals surface area (Å²) in [6, 6.07) is 10.4. The van der Waals surface area contributed by atoms with Gasteiger partial charge in [-0.15, -0.1) is 5.10 Å². The standard InChI is InChI=1S/C15H14N5O2/c1-19-9-7-13(8-10-19)22-15(21)12-5-3-11(4-6-12)14-16-17-18-20(14)2/h3-10H,1-2H3/q+1. The van der Waals surface area contributed by atoms with Crippen molar-refractivity contribution in [2.45, 2.75) is 0 Å². The van der Waals surface area contributed by atoms with Gasteiger partial charge < -0.3 is 4.74 Å². The summed E-state index contributed by atoms with van der Waals surface area (Å²) >= 11 is 0. The van der Waals surface area contributed by atoms with E-state index in [2.05, 4.69) is 15.5 Å². The van der Waals surface area contributed by atoms with Crippen molar-refractivity contribution in [3.63, 3.8) is 0 Å². The summed E-state index contributed by atoms with van der Waals surface area (Å²) in [6.45, 7) is 0. The van der Waals surface area contributed by atoms with E-state index in [1.807, 2.05) is 24.0 Å². The molecule has 3 aromatic rings. The molecule has 0 atom stereocenters. The van der Waals surface area contributed by atoms with Crippen LogP contribution in [-0.4, -0.2) is 26.2 Å². The molecule has 2 aromatic heterocycles. The predicted octanol–water partition coefficient (Wildman–Crippen LogP) is 0.921. The van der Waals surface area contributed by atoms with Crippen molar-refractivity contribution in [1.29, 1.82) is 0 Å². The highest BCUT2D eigenvalue weighted by molar-refractivity contribution is 5.91. The minimum atomic E-state index is -0.406. The zero-order chi connectivity index (χ0) is 15.5. The van der Waals surface area contributed by atoms with Gasteiger partial charge in [0.05, 0.1) is 5.56 Å². The molecule has 7 nitrogen and oxygen atoms in total. The van der Waals surface area contributed by atoms with Crippen molar-refractivity contribution >= 4 is 5.97 Å². The largest absolute Gasteiger partial charge is 0.422 e. The first-order valence-corrected chi connectivity index (χ1v) is 6.64. The van der Waals surface area contributed by atoms with Crippen LogP contribution in [0.25, 0.3) is 11.4 Å². The smallest absolute Gasteiger partial charge is 0.343 e. The molecule has 0 fully saturated rings. The maximum absolute atomic E-state index is 12.1. The van der Waals surface area contributed by atoms with Crippen LogP contribution in [0.1, 0.15) is 10.4 Å². The van der Waals surface area contributed by atoms with Crippen molar-refractivity contribution < 1.29 is 14.1 Å². The van der Waals surface area contributed by atoms with Gasteiger partial charge >= 0.3 is 5.97 Å². The predicted molar refractivity (Wildman–Crippen MR) is 76.8 cm³/mol. The number of benzene rings is 1. The summed E-state index contributed by atoms with van der Waals surface area (Å²) < 4.78 is 8.74. The van der Waals surface area contributed by atoms with Crippen molar-refractivity contribution in [2.75, 3.05) is 0 Å². The van der Waals surface area contributed by atoms with Gasteiger partial charge in [-0.1, -0.05) is 12.1 Å². The Morgan fingerprint density at radius 2 is 1.82 bits per heavy atom. The van der Waals surface area contributed by atoms with Gasteiger partial charge in [0.2, 0.25) is 0 Å². The summed E-state index contributed by atoms with van der Waals surface area (Å²) in [5.74, 6) is 0.733. The molecule has 0 N–H and O–H groups in total. The molecule has 0 spiro atoms. The highest BCUT2D eigenvalue weighted by atomic mass is 16.5. The minimum absolute atomic E-state index is 0.406. The van der Waals surface area contributed by atoms with E-state index in [-0.39, 0.29) is 0 Å². The van der Waals surface area contributed by atoms with Crippen LogP contribution >= 0.6 is 0 Å². The lowest BCUT2D eigenvalue weighted by atomic mass is 10.1. The van der Waals surface area contributed by atoms with Crippen LogP contribution in [0.15, 0.2) is 48.8 Å². The third-order valence-electron chi connectivity index (χ3n) is 3.16. The average molecular weight is 296 g/mol. The Morgan fingerprint density at radius 1 is 1.14 bits per heavy atom. The van der Waals surface area contributed by atoms with E-state index in [9.17, 15) is 4.79 Å². The van der Waals surface area contributed by atoms with E-state index in [0.29, 0.717) is 17.1 Å². The third kappa shape index (κ3) is 2.83. The van der Waals surface area contributed by atoms with Gasteiger partial charge in [0.25, 0.3) is 0 Å². The van der Waals surface area contributed by atoms with Gasteiger partial charge in [-0.25, -0.2) is 14.0 Å². The van der Waals surface area contributed by atoms with Gasteiger partial charge in [-0.3, -0.25) is 0 Å². The lowest BCUT2D eigenvalue weighted by molar-refractivity contribution is -0.671. The van der Waals surface area contributed by atoms with E-state index < -0.39 is 5.97 Å². The number of hydrogen-bond donors (Lipinski definition) is 0. The van der Waals surface area contributed by atoms with Crippen molar-refractivity contribution in [2.24, 2.45) is 14.1 Å². The molecule has 0 aliphatic rings. The fourth-order valence-corrected chi connectivity index (χ4v) is 1.95. The molecular formula is C15H14N5O2+. The van der Waals surface area contributed by atoms with E-state index >= 15 is 0 Å². The highest BCUT2D eigenvalue weighted by Crippen LogP contribution is 2.17. The number of tetrazole rings is 1. The molecule has 3 rings (SSSR count). The number of pyridine rings is 1. The molecule has 0 aliphatic heterocycles. The molecule has 0 unspecified atom stereocenters. The SMILES string of the molecule is Cn1nnnc1-c1ccc(C(=O)Oc2cc[n+](C)cc2)cc1. The van der Waals surface area contributed by atoms with Crippen molar-refractivity contribution in [3.8, 4) is 17.1 Å². The molecule has 0 saturated heterocycles. The number of aryl methyl sites for hydroxylation is 2. The van der Waals surface area contributed by atoms with Gasteiger partial charge in [0, 0.05) is 24.7 Å². The normalized spacial score (nSPS) is 10.5. The lowest BCUT2D eigenvalue weighted by Crippen LogP contribution is -2.25. The molecule has 7 heteroatoms. The summed E-state index contributed by atoms with van der Waals surface area (Å²) in [5, 5.41) is 11.3. The van der Waals surface area contributed by atoms with Crippen LogP contribution in [0, 0.1) is 0 Å². The maximum atomic E-state index is 12.1. The van der Waals surface area contributed by atoms with E-state index in [1.165, 1.54) is 0 Å². The molecule has 0 aliphatic carbocycles. The number of carbonyl (C=O) groups excluding carboxylic acids is 1. The number of carbonyl (C=O) groups is 1. The van der Waals surface area contributed by atoms with Gasteiger partial charge in [-0.2, -0.15) is 0 Å². The Kier molecular flexibility index (Phi) is 3.61. The Balaban J connectivity index is 1.76. The molecule has 110 valence electrons. The number of hydrogen-bond acceptors (Lipinski definition) is 5. The lowest BCUT2D eigenvalue weighted by Gasteiger charge is -2.04. The Morgan fingerprint density at radius 3 is 2.41 bits per heavy atom. The first-order chi connectivity index (χ1) is 10.6. The molecule has 0 amide bonds. The van der Waals surface area contributed by atoms with E-state index in [1.54, 1.807) is 48.1 Å². The van der Waals surface area contributed by atoms with Gasteiger partial charge in [-0.05, 0) is 22.6 Å². The molecule has 0 radical (unpaired) electrons. The quantitative estimate of drug-likeness (QED) is 0.531. The number of esters is 1. The highest BCUT2D eigenvalue weighted by Gasteiger charge is 2.11. The van der Waals surface area contributed by atoms with Crippen LogP contribution in [-0.2, 0) is 14.1 Å². The summed E-state index contributed by atoms with van der Waals surface area (Å²) in [4.78, 5) is 12.1. The summed E-state index contributed by atoms with van der Waals surface area (Å²) in [6.07, 6.45) is 3.62. The molecular weight excluding hydrogens is 282 g/mol. The second-order valence-corrected chi connectivity index (χ2v) is 4.79. The summed E-state index contributed by atoms with van der Waals surface area (Å²) in [5.41, 5.74) is 1.29. The number of ether oxygens (including phenoxy) is 1. The average Bonchev–Trinajstić information content (AvgIpc) is 2.96. The van der Waals surface area contributed by atoms with Crippen LogP contribution in [0.3, 0.4) is 0 Å². The van der Waals surface area contributed by atoms with Crippen molar-refractivity contribution in [1.82, 2.24) is 20.2 Å². The third-order valence-corrected chi connectivity index (χ3v) is 3.16. The van der Waals surface area contributed by atoms with Crippen LogP contribution < -0.4 is 9.30 Å². The first-order valence-electron chi connectivity index (χ1n) is 6.64. The summed E-state index contributed by atoms with van der Waals surface area (Å²) in [7, 11) is 3.65. The fraction of sp³-hybridized carbons (Fsp3) is 0.133. The Hall–Kier alpha value is -3.09. The number of rotatable bonds is 3. The number of nitrogens with zero attached hydrogens (tertiary/aromatic N) is 5. The molecule has 2 heterocycles.